The van der Waals surface area contributed by atoms with Crippen molar-refractivity contribution < 1.29 is 4.70 Å². The molecule has 0 bridgehead atoms. The number of nitrogens with zero attached hydrogens (tertiary/aromatic N) is 1. The summed E-state index contributed by atoms with van der Waals surface area (Å²) in [6, 6.07) is 0. The quantitative estimate of drug-likeness (QED) is 0.518. The van der Waals surface area contributed by atoms with Gasteiger partial charge in [0, 0.05) is 5.54 Å². The predicted molar refractivity (Wildman–Crippen MR) is 40.5 cm³/mol. The van der Waals surface area contributed by atoms with Crippen molar-refractivity contribution in [1.29, 1.82) is 0 Å². The highest BCUT2D eigenvalue weighted by molar-refractivity contribution is 4.94. The van der Waals surface area contributed by atoms with Crippen molar-refractivity contribution in [3.63, 3.8) is 0 Å². The average molecular weight is 133 g/mol. The van der Waals surface area contributed by atoms with Crippen LogP contribution in [0.15, 0.2) is 12.7 Å². The highest BCUT2D eigenvalue weighted by Gasteiger charge is 2.13. The van der Waals surface area contributed by atoms with Gasteiger partial charge in [0.25, 0.3) is 0 Å². The molecule has 0 rings (SSSR count). The molecule has 0 aliphatic carbocycles. The number of halogens is 1. The molecular weight excluding hydrogens is 117 g/mol. The summed E-state index contributed by atoms with van der Waals surface area (Å²) < 4.78 is 0. The van der Waals surface area contributed by atoms with E-state index in [1.54, 1.807) is 0 Å². The zero-order chi connectivity index (χ0) is 6.78. The second-order valence-corrected chi connectivity index (χ2v) is 2.75. The molecule has 0 N–H and O–H groups in total. The fraction of sp³-hybridized carbons (Fsp3) is 0.714. The molecule has 1 nitrogen and oxygen atoms in total. The maximum atomic E-state index is 3.71. The third-order valence-electron chi connectivity index (χ3n) is 1.65. The molecule has 0 aliphatic rings. The first-order valence-electron chi connectivity index (χ1n) is 2.81. The molecule has 0 heterocycles. The molecule has 0 aromatic heterocycles. The molecule has 0 unspecified atom stereocenters. The van der Waals surface area contributed by atoms with Gasteiger partial charge in [0.05, 0.1) is 0 Å². The van der Waals surface area contributed by atoms with Crippen LogP contribution in [0.25, 0.3) is 0 Å². The van der Waals surface area contributed by atoms with Crippen molar-refractivity contribution in [2.75, 3.05) is 14.1 Å². The minimum absolute atomic E-state index is 0. The maximum absolute atomic E-state index is 3.71. The van der Waals surface area contributed by atoms with Gasteiger partial charge in [-0.1, -0.05) is 6.08 Å². The first-order valence-corrected chi connectivity index (χ1v) is 2.81. The van der Waals surface area contributed by atoms with Crippen LogP contribution in [-0.4, -0.2) is 24.5 Å². The van der Waals surface area contributed by atoms with E-state index < -0.39 is 0 Å². The molecule has 0 spiro atoms. The van der Waals surface area contributed by atoms with Gasteiger partial charge < -0.3 is 4.90 Å². The number of hydrogen-bond donors (Lipinski definition) is 0. The second kappa shape index (κ2) is 3.62. The molecule has 0 fully saturated rings. The molecule has 2 heteroatoms. The van der Waals surface area contributed by atoms with Gasteiger partial charge >= 0.3 is 0 Å². The van der Waals surface area contributed by atoms with Crippen LogP contribution < -0.4 is 0 Å². The summed E-state index contributed by atoms with van der Waals surface area (Å²) in [5.74, 6) is 0. The highest BCUT2D eigenvalue weighted by atomic mass is 19.0. The van der Waals surface area contributed by atoms with Crippen LogP contribution in [0.2, 0.25) is 0 Å². The Hall–Kier alpha value is -0.370. The smallest absolute Gasteiger partial charge is 0.0326 e. The van der Waals surface area contributed by atoms with Crippen molar-refractivity contribution in [3.8, 4) is 0 Å². The monoisotopic (exact) mass is 133 g/mol. The fourth-order valence-electron chi connectivity index (χ4n) is 0.183. The van der Waals surface area contributed by atoms with Gasteiger partial charge in [0.1, 0.15) is 0 Å². The lowest BCUT2D eigenvalue weighted by atomic mass is 10.1. The van der Waals surface area contributed by atoms with Gasteiger partial charge in [0.15, 0.2) is 0 Å². The molecule has 56 valence electrons. The summed E-state index contributed by atoms with van der Waals surface area (Å²) in [6.07, 6.45) is 1.94. The van der Waals surface area contributed by atoms with Crippen LogP contribution >= 0.6 is 0 Å². The Balaban J connectivity index is 0. The maximum Gasteiger partial charge on any atom is 0.0326 e. The summed E-state index contributed by atoms with van der Waals surface area (Å²) in [7, 11) is 4.09. The van der Waals surface area contributed by atoms with Gasteiger partial charge in [-0.05, 0) is 27.9 Å². The number of rotatable bonds is 2. The van der Waals surface area contributed by atoms with E-state index in [1.807, 2.05) is 20.2 Å². The zero-order valence-corrected chi connectivity index (χ0v) is 6.64. The van der Waals surface area contributed by atoms with Crippen molar-refractivity contribution in [1.82, 2.24) is 4.90 Å². The first-order chi connectivity index (χ1) is 3.50. The lowest BCUT2D eigenvalue weighted by Crippen LogP contribution is -2.35. The van der Waals surface area contributed by atoms with E-state index in [2.05, 4.69) is 25.3 Å². The van der Waals surface area contributed by atoms with Gasteiger partial charge in [0.2, 0.25) is 0 Å². The third-order valence-corrected chi connectivity index (χ3v) is 1.65. The normalized spacial score (nSPS) is 10.8. The topological polar surface area (TPSA) is 3.24 Å². The van der Waals surface area contributed by atoms with Crippen LogP contribution in [0, 0.1) is 0 Å². The molecule has 9 heavy (non-hydrogen) atoms. The summed E-state index contributed by atoms with van der Waals surface area (Å²) in [6.45, 7) is 7.96. The second-order valence-electron chi connectivity index (χ2n) is 2.75. The number of likely N-dealkylation sites (N-methyl/N-ethyl adjacent to an activating group) is 1. The molecular formula is C7H16FN. The van der Waals surface area contributed by atoms with Crippen molar-refractivity contribution >= 4 is 0 Å². The third kappa shape index (κ3) is 3.25. The zero-order valence-electron chi connectivity index (χ0n) is 6.64. The minimum Gasteiger partial charge on any atom is -0.301 e. The van der Waals surface area contributed by atoms with E-state index >= 15 is 0 Å². The van der Waals surface area contributed by atoms with Gasteiger partial charge in [-0.2, -0.15) is 0 Å². The summed E-state index contributed by atoms with van der Waals surface area (Å²) in [5, 5.41) is 0. The van der Waals surface area contributed by atoms with Crippen molar-refractivity contribution in [2.45, 2.75) is 19.4 Å². The first kappa shape index (κ1) is 11.4. The standard InChI is InChI=1S/C7H15N.FH/c1-6-7(2,3)8(4)5;/h6H,1H2,2-5H3;1H. The predicted octanol–water partition coefficient (Wildman–Crippen LogP) is 1.67. The Morgan fingerprint density at radius 1 is 1.33 bits per heavy atom. The fourth-order valence-corrected chi connectivity index (χ4v) is 0.183. The highest BCUT2D eigenvalue weighted by Crippen LogP contribution is 2.09. The van der Waals surface area contributed by atoms with E-state index in [0.717, 1.165) is 0 Å². The molecule has 0 radical (unpaired) electrons. The van der Waals surface area contributed by atoms with Crippen molar-refractivity contribution in [3.05, 3.63) is 12.7 Å². The Bertz CT molecular complexity index is 86.9. The van der Waals surface area contributed by atoms with Crippen LogP contribution in [0.5, 0.6) is 0 Å². The molecule has 0 aromatic rings. The number of hydrogen-bond acceptors (Lipinski definition) is 1. The Morgan fingerprint density at radius 2 is 1.67 bits per heavy atom. The molecule has 0 aromatic carbocycles. The lowest BCUT2D eigenvalue weighted by Gasteiger charge is -2.28. The Kier molecular flexibility index (Phi) is 4.59. The van der Waals surface area contributed by atoms with Gasteiger partial charge in [-0.15, -0.1) is 6.58 Å². The van der Waals surface area contributed by atoms with E-state index in [4.69, 9.17) is 0 Å². The van der Waals surface area contributed by atoms with E-state index in [0.29, 0.717) is 0 Å². The van der Waals surface area contributed by atoms with Crippen LogP contribution in [0.1, 0.15) is 13.8 Å². The van der Waals surface area contributed by atoms with E-state index in [9.17, 15) is 0 Å². The van der Waals surface area contributed by atoms with E-state index in [-0.39, 0.29) is 10.2 Å². The average Bonchev–Trinajstić information content (AvgIpc) is 1.67. The van der Waals surface area contributed by atoms with Crippen LogP contribution in [-0.2, 0) is 0 Å². The SMILES string of the molecule is C=CC(C)(C)N(C)C.F. The van der Waals surface area contributed by atoms with Crippen molar-refractivity contribution in [2.24, 2.45) is 0 Å². The Labute approximate surface area is 56.7 Å². The largest absolute Gasteiger partial charge is 0.301 e. The van der Waals surface area contributed by atoms with Crippen LogP contribution in [0.4, 0.5) is 4.70 Å². The summed E-state index contributed by atoms with van der Waals surface area (Å²) in [5.41, 5.74) is 0.139. The molecule has 0 saturated carbocycles. The molecule has 0 saturated heterocycles. The van der Waals surface area contributed by atoms with Gasteiger partial charge in [-0.25, -0.2) is 0 Å². The molecule has 0 atom stereocenters. The van der Waals surface area contributed by atoms with Gasteiger partial charge in [-0.3, -0.25) is 4.70 Å². The summed E-state index contributed by atoms with van der Waals surface area (Å²) in [4.78, 5) is 2.12. The van der Waals surface area contributed by atoms with Crippen LogP contribution in [0.3, 0.4) is 0 Å². The Morgan fingerprint density at radius 3 is 1.67 bits per heavy atom. The van der Waals surface area contributed by atoms with E-state index in [1.165, 1.54) is 0 Å². The summed E-state index contributed by atoms with van der Waals surface area (Å²) >= 11 is 0. The lowest BCUT2D eigenvalue weighted by molar-refractivity contribution is 0.253. The minimum atomic E-state index is 0. The molecule has 0 aliphatic heterocycles. The molecule has 0 amide bonds.